The Hall–Kier alpha value is -2.50. The standard InChI is InChI=1S/C21H26F3N3/c1-5-15(3)20(25-10-8-16(4)21(22,23)24)26-11-9-17-13-27-19-7-6-14(2)12-18(17)19/h6-8,10,12-13,15,27H,4-5,9,11H2,1-3H3,(H,25,26)/b10-8-. The summed E-state index contributed by atoms with van der Waals surface area (Å²) in [6.07, 6.45) is 1.36. The fourth-order valence-electron chi connectivity index (χ4n) is 2.66. The highest BCUT2D eigenvalue weighted by atomic mass is 19.4. The summed E-state index contributed by atoms with van der Waals surface area (Å²) in [4.78, 5) is 7.84. The molecule has 27 heavy (non-hydrogen) atoms. The minimum Gasteiger partial charge on any atom is -0.361 e. The van der Waals surface area contributed by atoms with Crippen LogP contribution in [0.2, 0.25) is 0 Å². The Kier molecular flexibility index (Phi) is 6.88. The SMILES string of the molecule is C=C(/C=C\NC(=NCCc1c[nH]c2ccc(C)cc12)C(C)CC)C(F)(F)F. The zero-order valence-corrected chi connectivity index (χ0v) is 16.0. The summed E-state index contributed by atoms with van der Waals surface area (Å²) in [6, 6.07) is 6.26. The number of aliphatic imine (C=N–C) groups is 1. The first-order chi connectivity index (χ1) is 12.7. The predicted octanol–water partition coefficient (Wildman–Crippen LogP) is 5.69. The van der Waals surface area contributed by atoms with Gasteiger partial charge in [0, 0.05) is 41.3 Å². The van der Waals surface area contributed by atoms with E-state index in [1.807, 2.05) is 20.0 Å². The predicted molar refractivity (Wildman–Crippen MR) is 106 cm³/mol. The molecule has 0 spiro atoms. The number of hydrogen-bond acceptors (Lipinski definition) is 1. The van der Waals surface area contributed by atoms with Gasteiger partial charge in [0.2, 0.25) is 0 Å². The molecule has 0 saturated heterocycles. The van der Waals surface area contributed by atoms with Crippen LogP contribution < -0.4 is 5.32 Å². The van der Waals surface area contributed by atoms with Crippen molar-refractivity contribution in [3.63, 3.8) is 0 Å². The van der Waals surface area contributed by atoms with E-state index in [1.165, 1.54) is 22.7 Å². The van der Waals surface area contributed by atoms with Gasteiger partial charge in [-0.15, -0.1) is 0 Å². The van der Waals surface area contributed by atoms with Crippen LogP contribution in [0, 0.1) is 12.8 Å². The fourth-order valence-corrected chi connectivity index (χ4v) is 2.66. The van der Waals surface area contributed by atoms with Gasteiger partial charge < -0.3 is 10.3 Å². The van der Waals surface area contributed by atoms with Gasteiger partial charge in [0.15, 0.2) is 0 Å². The van der Waals surface area contributed by atoms with Crippen LogP contribution in [0.4, 0.5) is 13.2 Å². The molecule has 1 atom stereocenters. The lowest BCUT2D eigenvalue weighted by Gasteiger charge is -2.13. The third-order valence-electron chi connectivity index (χ3n) is 4.55. The molecule has 0 aliphatic heterocycles. The molecule has 0 fully saturated rings. The minimum absolute atomic E-state index is 0.124. The van der Waals surface area contributed by atoms with E-state index in [0.717, 1.165) is 24.4 Å². The van der Waals surface area contributed by atoms with Crippen molar-refractivity contribution in [3.8, 4) is 0 Å². The van der Waals surface area contributed by atoms with Gasteiger partial charge in [0.1, 0.15) is 5.84 Å². The lowest BCUT2D eigenvalue weighted by Crippen LogP contribution is -2.25. The van der Waals surface area contributed by atoms with Crippen molar-refractivity contribution in [2.24, 2.45) is 10.9 Å². The average molecular weight is 377 g/mol. The topological polar surface area (TPSA) is 40.2 Å². The molecule has 3 nitrogen and oxygen atoms in total. The Balaban J connectivity index is 2.05. The highest BCUT2D eigenvalue weighted by molar-refractivity contribution is 5.85. The number of rotatable bonds is 7. The molecule has 6 heteroatoms. The molecule has 146 valence electrons. The normalized spacial score (nSPS) is 14.1. The number of nitrogens with zero attached hydrogens (tertiary/aromatic N) is 1. The highest BCUT2D eigenvalue weighted by Crippen LogP contribution is 2.24. The van der Waals surface area contributed by atoms with Crippen LogP contribution in [0.15, 0.2) is 53.8 Å². The number of fused-ring (bicyclic) bond motifs is 1. The molecule has 0 amide bonds. The number of benzene rings is 1. The number of H-pyrrole nitrogens is 1. The maximum Gasteiger partial charge on any atom is 0.415 e. The number of halogens is 3. The van der Waals surface area contributed by atoms with Crippen LogP contribution >= 0.6 is 0 Å². The molecular formula is C21H26F3N3. The Labute approximate surface area is 158 Å². The number of aromatic nitrogens is 1. The molecule has 1 heterocycles. The number of alkyl halides is 3. The van der Waals surface area contributed by atoms with Crippen molar-refractivity contribution >= 4 is 16.7 Å². The summed E-state index contributed by atoms with van der Waals surface area (Å²) in [5.41, 5.74) is 2.58. The van der Waals surface area contributed by atoms with Crippen molar-refractivity contribution < 1.29 is 13.2 Å². The zero-order valence-electron chi connectivity index (χ0n) is 16.0. The Bertz CT molecular complexity index is 844. The largest absolute Gasteiger partial charge is 0.415 e. The zero-order chi connectivity index (χ0) is 20.0. The number of nitrogens with one attached hydrogen (secondary N) is 2. The molecule has 0 bridgehead atoms. The van der Waals surface area contributed by atoms with E-state index in [9.17, 15) is 13.2 Å². The first-order valence-electron chi connectivity index (χ1n) is 9.02. The van der Waals surface area contributed by atoms with E-state index < -0.39 is 11.7 Å². The number of aryl methyl sites for hydroxylation is 1. The van der Waals surface area contributed by atoms with E-state index in [1.54, 1.807) is 0 Å². The third-order valence-corrected chi connectivity index (χ3v) is 4.55. The molecule has 0 aliphatic rings. The highest BCUT2D eigenvalue weighted by Gasteiger charge is 2.29. The van der Waals surface area contributed by atoms with Crippen molar-refractivity contribution in [1.82, 2.24) is 10.3 Å². The summed E-state index contributed by atoms with van der Waals surface area (Å²) >= 11 is 0. The summed E-state index contributed by atoms with van der Waals surface area (Å²) in [6.45, 7) is 9.65. The molecule has 0 radical (unpaired) electrons. The fraction of sp³-hybridized carbons (Fsp3) is 0.381. The summed E-state index contributed by atoms with van der Waals surface area (Å²) in [7, 11) is 0. The smallest absolute Gasteiger partial charge is 0.361 e. The molecule has 2 N–H and O–H groups in total. The molecule has 1 aromatic carbocycles. The molecule has 2 aromatic rings. The van der Waals surface area contributed by atoms with Crippen LogP contribution in [0.3, 0.4) is 0 Å². The van der Waals surface area contributed by atoms with E-state index in [-0.39, 0.29) is 5.92 Å². The van der Waals surface area contributed by atoms with Gasteiger partial charge in [-0.25, -0.2) is 0 Å². The molecule has 1 aromatic heterocycles. The monoisotopic (exact) mass is 377 g/mol. The molecule has 0 aliphatic carbocycles. The lowest BCUT2D eigenvalue weighted by molar-refractivity contribution is -0.0878. The summed E-state index contributed by atoms with van der Waals surface area (Å²) < 4.78 is 37.5. The third kappa shape index (κ3) is 5.74. The Morgan fingerprint density at radius 2 is 2.11 bits per heavy atom. The second-order valence-corrected chi connectivity index (χ2v) is 6.69. The van der Waals surface area contributed by atoms with Gasteiger partial charge in [-0.1, -0.05) is 32.1 Å². The maximum absolute atomic E-state index is 12.5. The van der Waals surface area contributed by atoms with E-state index >= 15 is 0 Å². The number of aromatic amines is 1. The van der Waals surface area contributed by atoms with Crippen molar-refractivity contribution in [1.29, 1.82) is 0 Å². The Morgan fingerprint density at radius 1 is 1.37 bits per heavy atom. The summed E-state index contributed by atoms with van der Waals surface area (Å²) in [5.74, 6) is 0.804. The van der Waals surface area contributed by atoms with Crippen LogP contribution in [0.25, 0.3) is 10.9 Å². The first kappa shape index (κ1) is 20.8. The van der Waals surface area contributed by atoms with Gasteiger partial charge >= 0.3 is 6.18 Å². The van der Waals surface area contributed by atoms with Crippen molar-refractivity contribution in [3.05, 3.63) is 60.0 Å². The van der Waals surface area contributed by atoms with Crippen molar-refractivity contribution in [2.75, 3.05) is 6.54 Å². The van der Waals surface area contributed by atoms with Gasteiger partial charge in [-0.05, 0) is 43.5 Å². The van der Waals surface area contributed by atoms with Crippen LogP contribution in [0.5, 0.6) is 0 Å². The van der Waals surface area contributed by atoms with Gasteiger partial charge in [-0.2, -0.15) is 13.2 Å². The molecule has 2 rings (SSSR count). The average Bonchev–Trinajstić information content (AvgIpc) is 3.01. The number of hydrogen-bond donors (Lipinski definition) is 2. The van der Waals surface area contributed by atoms with Crippen molar-refractivity contribution in [2.45, 2.75) is 39.8 Å². The maximum atomic E-state index is 12.5. The van der Waals surface area contributed by atoms with E-state index in [4.69, 9.17) is 0 Å². The molecule has 0 saturated carbocycles. The van der Waals surface area contributed by atoms with Crippen LogP contribution in [0.1, 0.15) is 31.4 Å². The first-order valence-corrected chi connectivity index (χ1v) is 9.02. The number of amidine groups is 1. The van der Waals surface area contributed by atoms with Gasteiger partial charge in [0.05, 0.1) is 0 Å². The van der Waals surface area contributed by atoms with E-state index in [0.29, 0.717) is 12.4 Å². The minimum atomic E-state index is -4.42. The summed E-state index contributed by atoms with van der Waals surface area (Å²) in [5, 5.41) is 4.09. The van der Waals surface area contributed by atoms with Gasteiger partial charge in [0.25, 0.3) is 0 Å². The second-order valence-electron chi connectivity index (χ2n) is 6.69. The lowest BCUT2D eigenvalue weighted by atomic mass is 10.1. The Morgan fingerprint density at radius 3 is 2.78 bits per heavy atom. The number of allylic oxidation sites excluding steroid dienone is 2. The van der Waals surface area contributed by atoms with Gasteiger partial charge in [-0.3, -0.25) is 4.99 Å². The van der Waals surface area contributed by atoms with E-state index in [2.05, 4.69) is 47.0 Å². The second kappa shape index (κ2) is 8.93. The van der Waals surface area contributed by atoms with Crippen LogP contribution in [-0.2, 0) is 6.42 Å². The quantitative estimate of drug-likeness (QED) is 0.363. The molecule has 1 unspecified atom stereocenters. The van der Waals surface area contributed by atoms with Crippen LogP contribution in [-0.4, -0.2) is 23.5 Å². The molecular weight excluding hydrogens is 351 g/mol.